The van der Waals surface area contributed by atoms with Crippen molar-refractivity contribution in [2.45, 2.75) is 33.2 Å². The molecule has 14 heavy (non-hydrogen) atoms. The minimum Gasteiger partial charge on any atom is -0.322 e. The van der Waals surface area contributed by atoms with Gasteiger partial charge in [-0.25, -0.2) is 0 Å². The molecular formula is C10H16N2OS. The summed E-state index contributed by atoms with van der Waals surface area (Å²) in [6.45, 7) is 6.45. The van der Waals surface area contributed by atoms with E-state index in [2.05, 4.69) is 25.8 Å². The second kappa shape index (κ2) is 4.55. The number of hydrogen-bond donors (Lipinski definition) is 1. The van der Waals surface area contributed by atoms with E-state index in [-0.39, 0.29) is 5.56 Å². The molecule has 0 amide bonds. The normalized spacial score (nSPS) is 13.1. The summed E-state index contributed by atoms with van der Waals surface area (Å²) in [5, 5.41) is 0. The molecular weight excluding hydrogens is 196 g/mol. The van der Waals surface area contributed by atoms with Gasteiger partial charge < -0.3 is 4.57 Å². The molecule has 0 aliphatic heterocycles. The lowest BCUT2D eigenvalue weighted by Crippen LogP contribution is -2.15. The molecule has 0 aliphatic rings. The van der Waals surface area contributed by atoms with Gasteiger partial charge in [0.15, 0.2) is 4.77 Å². The Morgan fingerprint density at radius 1 is 1.50 bits per heavy atom. The molecule has 0 aliphatic carbocycles. The van der Waals surface area contributed by atoms with E-state index in [4.69, 9.17) is 12.2 Å². The molecule has 0 aromatic carbocycles. The zero-order chi connectivity index (χ0) is 10.7. The first-order chi connectivity index (χ1) is 6.50. The van der Waals surface area contributed by atoms with Gasteiger partial charge in [0.05, 0.1) is 0 Å². The Kier molecular flexibility index (Phi) is 3.63. The first-order valence-corrected chi connectivity index (χ1v) is 5.23. The van der Waals surface area contributed by atoms with Crippen LogP contribution in [0.5, 0.6) is 0 Å². The molecule has 0 spiro atoms. The summed E-state index contributed by atoms with van der Waals surface area (Å²) in [6, 6.07) is 1.84. The Bertz CT molecular complexity index is 405. The maximum absolute atomic E-state index is 11.0. The number of nitrogens with one attached hydrogen (secondary N) is 1. The quantitative estimate of drug-likeness (QED) is 0.782. The average Bonchev–Trinajstić information content (AvgIpc) is 2.01. The first-order valence-electron chi connectivity index (χ1n) is 4.82. The molecule has 0 saturated carbocycles. The highest BCUT2D eigenvalue weighted by atomic mass is 32.1. The van der Waals surface area contributed by atoms with Crippen LogP contribution < -0.4 is 5.56 Å². The van der Waals surface area contributed by atoms with Gasteiger partial charge in [0.2, 0.25) is 0 Å². The van der Waals surface area contributed by atoms with Gasteiger partial charge in [-0.05, 0) is 31.5 Å². The summed E-state index contributed by atoms with van der Waals surface area (Å²) < 4.78 is 2.43. The van der Waals surface area contributed by atoms with Crippen molar-refractivity contribution in [3.8, 4) is 0 Å². The predicted molar refractivity (Wildman–Crippen MR) is 60.1 cm³/mol. The van der Waals surface area contributed by atoms with E-state index in [0.717, 1.165) is 6.42 Å². The number of H-pyrrole nitrogens is 1. The fraction of sp³-hybridized carbons (Fsp3) is 0.600. The van der Waals surface area contributed by atoms with E-state index in [0.29, 0.717) is 16.7 Å². The average molecular weight is 212 g/mol. The highest BCUT2D eigenvalue weighted by Crippen LogP contribution is 2.15. The monoisotopic (exact) mass is 212 g/mol. The minimum absolute atomic E-state index is 0.136. The van der Waals surface area contributed by atoms with Gasteiger partial charge in [-0.3, -0.25) is 9.78 Å². The van der Waals surface area contributed by atoms with Crippen LogP contribution in [0, 0.1) is 10.7 Å². The molecule has 1 atom stereocenters. The zero-order valence-corrected chi connectivity index (χ0v) is 9.60. The molecule has 0 fully saturated rings. The number of aromatic nitrogens is 2. The molecule has 1 aromatic heterocycles. The molecule has 0 saturated heterocycles. The third-order valence-corrected chi connectivity index (χ3v) is 2.45. The van der Waals surface area contributed by atoms with Gasteiger partial charge in [0, 0.05) is 18.3 Å². The van der Waals surface area contributed by atoms with Gasteiger partial charge in [-0.2, -0.15) is 0 Å². The standard InChI is InChI=1S/C10H16N2OS/c1-7(2)6-8(3)12-5-4-9(13)11-10(12)14/h4-5,7-8H,6H2,1-3H3,(H,11,13,14). The topological polar surface area (TPSA) is 37.8 Å². The molecule has 1 heterocycles. The van der Waals surface area contributed by atoms with Gasteiger partial charge in [-0.15, -0.1) is 0 Å². The summed E-state index contributed by atoms with van der Waals surface area (Å²) >= 11 is 5.08. The number of nitrogens with zero attached hydrogens (tertiary/aromatic N) is 1. The van der Waals surface area contributed by atoms with Crippen LogP contribution in [0.4, 0.5) is 0 Å². The van der Waals surface area contributed by atoms with Gasteiger partial charge in [0.1, 0.15) is 0 Å². The molecule has 78 valence electrons. The van der Waals surface area contributed by atoms with E-state index < -0.39 is 0 Å². The van der Waals surface area contributed by atoms with Crippen LogP contribution in [0.2, 0.25) is 0 Å². The van der Waals surface area contributed by atoms with Crippen molar-refractivity contribution in [3.63, 3.8) is 0 Å². The van der Waals surface area contributed by atoms with E-state index in [1.807, 2.05) is 4.57 Å². The lowest BCUT2D eigenvalue weighted by molar-refractivity contribution is 0.419. The molecule has 1 rings (SSSR count). The summed E-state index contributed by atoms with van der Waals surface area (Å²) in [7, 11) is 0. The highest BCUT2D eigenvalue weighted by molar-refractivity contribution is 7.71. The van der Waals surface area contributed by atoms with E-state index >= 15 is 0 Å². The largest absolute Gasteiger partial charge is 0.322 e. The summed E-state index contributed by atoms with van der Waals surface area (Å²) in [6.07, 6.45) is 2.81. The van der Waals surface area contributed by atoms with Crippen LogP contribution in [0.3, 0.4) is 0 Å². The van der Waals surface area contributed by atoms with Gasteiger partial charge in [-0.1, -0.05) is 13.8 Å². The van der Waals surface area contributed by atoms with Crippen LogP contribution in [-0.4, -0.2) is 9.55 Å². The van der Waals surface area contributed by atoms with Crippen LogP contribution in [0.1, 0.15) is 33.2 Å². The van der Waals surface area contributed by atoms with Crippen LogP contribution >= 0.6 is 12.2 Å². The maximum Gasteiger partial charge on any atom is 0.251 e. The van der Waals surface area contributed by atoms with Crippen LogP contribution in [0.25, 0.3) is 0 Å². The number of hydrogen-bond acceptors (Lipinski definition) is 2. The second-order valence-electron chi connectivity index (χ2n) is 4.00. The van der Waals surface area contributed by atoms with E-state index in [1.54, 1.807) is 6.20 Å². The van der Waals surface area contributed by atoms with Crippen LogP contribution in [0.15, 0.2) is 17.1 Å². The molecule has 3 nitrogen and oxygen atoms in total. The second-order valence-corrected chi connectivity index (χ2v) is 4.38. The molecule has 0 radical (unpaired) electrons. The molecule has 4 heteroatoms. The summed E-state index contributed by atoms with van der Waals surface area (Å²) in [5.41, 5.74) is -0.136. The Balaban J connectivity index is 2.96. The highest BCUT2D eigenvalue weighted by Gasteiger charge is 2.06. The Morgan fingerprint density at radius 2 is 2.14 bits per heavy atom. The number of rotatable bonds is 3. The molecule has 1 unspecified atom stereocenters. The van der Waals surface area contributed by atoms with Crippen molar-refractivity contribution >= 4 is 12.2 Å². The zero-order valence-electron chi connectivity index (χ0n) is 8.78. The van der Waals surface area contributed by atoms with Crippen molar-refractivity contribution in [3.05, 3.63) is 27.4 Å². The summed E-state index contributed by atoms with van der Waals surface area (Å²) in [4.78, 5) is 13.6. The third-order valence-electron chi connectivity index (χ3n) is 2.14. The van der Waals surface area contributed by atoms with Gasteiger partial charge >= 0.3 is 0 Å². The van der Waals surface area contributed by atoms with Crippen molar-refractivity contribution in [2.24, 2.45) is 5.92 Å². The van der Waals surface area contributed by atoms with E-state index in [1.165, 1.54) is 6.07 Å². The predicted octanol–water partition coefficient (Wildman–Crippen LogP) is 2.51. The fourth-order valence-corrected chi connectivity index (χ4v) is 1.91. The first kappa shape index (κ1) is 11.2. The summed E-state index contributed by atoms with van der Waals surface area (Å²) in [5.74, 6) is 0.624. The number of aromatic amines is 1. The Hall–Kier alpha value is -0.900. The van der Waals surface area contributed by atoms with E-state index in [9.17, 15) is 4.79 Å². The van der Waals surface area contributed by atoms with Crippen molar-refractivity contribution < 1.29 is 0 Å². The molecule has 0 bridgehead atoms. The SMILES string of the molecule is CC(C)CC(C)n1ccc(=O)[nH]c1=S. The van der Waals surface area contributed by atoms with Crippen molar-refractivity contribution in [1.82, 2.24) is 9.55 Å². The third kappa shape index (κ3) is 2.80. The van der Waals surface area contributed by atoms with Gasteiger partial charge in [0.25, 0.3) is 5.56 Å². The molecule has 1 aromatic rings. The minimum atomic E-state index is -0.136. The Labute approximate surface area is 88.8 Å². The van der Waals surface area contributed by atoms with Crippen LogP contribution in [-0.2, 0) is 0 Å². The lowest BCUT2D eigenvalue weighted by atomic mass is 10.1. The fourth-order valence-electron chi connectivity index (χ4n) is 1.57. The maximum atomic E-state index is 11.0. The smallest absolute Gasteiger partial charge is 0.251 e. The van der Waals surface area contributed by atoms with Crippen molar-refractivity contribution in [1.29, 1.82) is 0 Å². The molecule has 1 N–H and O–H groups in total. The van der Waals surface area contributed by atoms with Crippen molar-refractivity contribution in [2.75, 3.05) is 0 Å². The lowest BCUT2D eigenvalue weighted by Gasteiger charge is -2.17. The Morgan fingerprint density at radius 3 is 2.64 bits per heavy atom.